The number of hydrogen-bond acceptors (Lipinski definition) is 2. The average Bonchev–Trinajstić information content (AvgIpc) is 2.51. The van der Waals surface area contributed by atoms with Gasteiger partial charge in [0.15, 0.2) is 0 Å². The van der Waals surface area contributed by atoms with E-state index in [1.54, 1.807) is 11.3 Å². The molecule has 0 aliphatic heterocycles. The predicted molar refractivity (Wildman–Crippen MR) is 52.8 cm³/mol. The fourth-order valence-electron chi connectivity index (χ4n) is 1.71. The van der Waals surface area contributed by atoms with Gasteiger partial charge in [-0.05, 0) is 24.2 Å². The van der Waals surface area contributed by atoms with E-state index in [4.69, 9.17) is 11.6 Å². The van der Waals surface area contributed by atoms with Crippen LogP contribution in [0.4, 0.5) is 0 Å². The second kappa shape index (κ2) is 3.00. The van der Waals surface area contributed by atoms with Crippen molar-refractivity contribution in [2.45, 2.75) is 19.8 Å². The summed E-state index contributed by atoms with van der Waals surface area (Å²) in [6, 6.07) is 0. The van der Waals surface area contributed by atoms with Gasteiger partial charge in [-0.15, -0.1) is 22.9 Å². The van der Waals surface area contributed by atoms with Crippen LogP contribution in [0.3, 0.4) is 0 Å². The smallest absolute Gasteiger partial charge is 0.0794 e. The second-order valence-corrected chi connectivity index (χ2v) is 4.98. The maximum absolute atomic E-state index is 5.95. The van der Waals surface area contributed by atoms with Crippen molar-refractivity contribution < 1.29 is 0 Å². The van der Waals surface area contributed by atoms with Crippen LogP contribution in [0.25, 0.3) is 0 Å². The quantitative estimate of drug-likeness (QED) is 0.686. The van der Waals surface area contributed by atoms with Gasteiger partial charge in [0, 0.05) is 17.0 Å². The van der Waals surface area contributed by atoms with Gasteiger partial charge >= 0.3 is 0 Å². The maximum Gasteiger partial charge on any atom is 0.0794 e. The molecule has 0 amide bonds. The Labute approximate surface area is 81.8 Å². The first kappa shape index (κ1) is 8.52. The van der Waals surface area contributed by atoms with Gasteiger partial charge in [0.25, 0.3) is 0 Å². The zero-order chi connectivity index (χ0) is 8.60. The van der Waals surface area contributed by atoms with E-state index in [2.05, 4.69) is 11.9 Å². The van der Waals surface area contributed by atoms with Crippen molar-refractivity contribution in [3.8, 4) is 0 Å². The van der Waals surface area contributed by atoms with Gasteiger partial charge in [-0.2, -0.15) is 0 Å². The average molecular weight is 202 g/mol. The van der Waals surface area contributed by atoms with E-state index in [-0.39, 0.29) is 0 Å². The van der Waals surface area contributed by atoms with Crippen molar-refractivity contribution in [2.75, 3.05) is 5.88 Å². The Kier molecular flexibility index (Phi) is 2.13. The highest BCUT2D eigenvalue weighted by atomic mass is 35.5. The van der Waals surface area contributed by atoms with Gasteiger partial charge in [0.05, 0.1) is 5.51 Å². The van der Waals surface area contributed by atoms with Crippen molar-refractivity contribution in [1.29, 1.82) is 0 Å². The second-order valence-electron chi connectivity index (χ2n) is 3.75. The number of rotatable bonds is 3. The summed E-state index contributed by atoms with van der Waals surface area (Å²) in [7, 11) is 0. The van der Waals surface area contributed by atoms with Crippen molar-refractivity contribution >= 4 is 22.9 Å². The Morgan fingerprint density at radius 1 is 1.83 bits per heavy atom. The largest absolute Gasteiger partial charge is 0.253 e. The van der Waals surface area contributed by atoms with Crippen LogP contribution in [0.15, 0.2) is 11.7 Å². The Balaban J connectivity index is 2.04. The molecule has 0 saturated heterocycles. The summed E-state index contributed by atoms with van der Waals surface area (Å²) in [6.07, 6.45) is 4.38. The lowest BCUT2D eigenvalue weighted by Crippen LogP contribution is -2.08. The molecule has 3 heteroatoms. The van der Waals surface area contributed by atoms with Crippen molar-refractivity contribution in [1.82, 2.24) is 4.98 Å². The number of alkyl halides is 1. The molecular weight excluding hydrogens is 190 g/mol. The van der Waals surface area contributed by atoms with E-state index in [1.807, 2.05) is 11.7 Å². The molecule has 2 atom stereocenters. The minimum Gasteiger partial charge on any atom is -0.253 e. The molecule has 0 radical (unpaired) electrons. The van der Waals surface area contributed by atoms with Gasteiger partial charge in [-0.1, -0.05) is 6.92 Å². The molecule has 1 nitrogen and oxygen atoms in total. The van der Waals surface area contributed by atoms with Gasteiger partial charge < -0.3 is 0 Å². The number of aromatic nitrogens is 1. The molecule has 0 spiro atoms. The van der Waals surface area contributed by atoms with Crippen LogP contribution in [0.1, 0.15) is 18.2 Å². The molecule has 1 saturated carbocycles. The molecule has 2 rings (SSSR count). The molecule has 1 aliphatic rings. The molecule has 1 aromatic rings. The minimum absolute atomic E-state index is 0.411. The Morgan fingerprint density at radius 3 is 3.00 bits per heavy atom. The topological polar surface area (TPSA) is 12.9 Å². The third-order valence-corrected chi connectivity index (χ3v) is 4.19. The van der Waals surface area contributed by atoms with E-state index in [0.29, 0.717) is 5.41 Å². The van der Waals surface area contributed by atoms with Gasteiger partial charge in [-0.3, -0.25) is 4.98 Å². The molecule has 0 N–H and O–H groups in total. The highest BCUT2D eigenvalue weighted by molar-refractivity contribution is 7.09. The van der Waals surface area contributed by atoms with Crippen molar-refractivity contribution in [3.63, 3.8) is 0 Å². The fraction of sp³-hybridized carbons (Fsp3) is 0.667. The zero-order valence-corrected chi connectivity index (χ0v) is 8.66. The van der Waals surface area contributed by atoms with Crippen molar-refractivity contribution in [3.05, 3.63) is 16.6 Å². The van der Waals surface area contributed by atoms with Crippen LogP contribution in [-0.4, -0.2) is 10.9 Å². The molecular formula is C9H12ClNS. The summed E-state index contributed by atoms with van der Waals surface area (Å²) >= 11 is 7.69. The molecule has 1 aromatic heterocycles. The molecule has 66 valence electrons. The SMILES string of the molecule is CC1CC1(CCl)Cc1cncs1. The maximum atomic E-state index is 5.95. The summed E-state index contributed by atoms with van der Waals surface area (Å²) in [5.41, 5.74) is 2.30. The highest BCUT2D eigenvalue weighted by Gasteiger charge is 2.50. The number of nitrogens with zero attached hydrogens (tertiary/aromatic N) is 1. The first-order chi connectivity index (χ1) is 5.77. The summed E-state index contributed by atoms with van der Waals surface area (Å²) in [5.74, 6) is 1.60. The summed E-state index contributed by atoms with van der Waals surface area (Å²) in [6.45, 7) is 2.28. The lowest BCUT2D eigenvalue weighted by atomic mass is 10.0. The normalized spacial score (nSPS) is 33.7. The minimum atomic E-state index is 0.411. The lowest BCUT2D eigenvalue weighted by molar-refractivity contribution is 0.529. The van der Waals surface area contributed by atoms with E-state index < -0.39 is 0 Å². The molecule has 1 heterocycles. The molecule has 0 bridgehead atoms. The fourth-order valence-corrected chi connectivity index (χ4v) is 2.92. The van der Waals surface area contributed by atoms with Crippen LogP contribution >= 0.6 is 22.9 Å². The van der Waals surface area contributed by atoms with Crippen LogP contribution in [-0.2, 0) is 6.42 Å². The van der Waals surface area contributed by atoms with Crippen LogP contribution in [0.2, 0.25) is 0 Å². The predicted octanol–water partition coefficient (Wildman–Crippen LogP) is 2.95. The van der Waals surface area contributed by atoms with Crippen LogP contribution < -0.4 is 0 Å². The first-order valence-electron chi connectivity index (χ1n) is 4.20. The summed E-state index contributed by atoms with van der Waals surface area (Å²) in [4.78, 5) is 5.44. The lowest BCUT2D eigenvalue weighted by Gasteiger charge is -2.09. The molecule has 0 aromatic carbocycles. The van der Waals surface area contributed by atoms with Gasteiger partial charge in [-0.25, -0.2) is 0 Å². The number of thiazole rings is 1. The number of halogens is 1. The van der Waals surface area contributed by atoms with E-state index >= 15 is 0 Å². The van der Waals surface area contributed by atoms with E-state index in [0.717, 1.165) is 18.2 Å². The van der Waals surface area contributed by atoms with E-state index in [9.17, 15) is 0 Å². The van der Waals surface area contributed by atoms with Gasteiger partial charge in [0.2, 0.25) is 0 Å². The van der Waals surface area contributed by atoms with Crippen molar-refractivity contribution in [2.24, 2.45) is 11.3 Å². The Morgan fingerprint density at radius 2 is 2.58 bits per heavy atom. The van der Waals surface area contributed by atoms with Crippen LogP contribution in [0, 0.1) is 11.3 Å². The summed E-state index contributed by atoms with van der Waals surface area (Å²) in [5, 5.41) is 0. The number of hydrogen-bond donors (Lipinski definition) is 0. The molecule has 1 aliphatic carbocycles. The monoisotopic (exact) mass is 201 g/mol. The third-order valence-electron chi connectivity index (χ3n) is 2.87. The molecule has 12 heavy (non-hydrogen) atoms. The van der Waals surface area contributed by atoms with Gasteiger partial charge in [0.1, 0.15) is 0 Å². The standard InChI is InChI=1S/C9H12ClNS/c1-7-2-9(7,5-10)3-8-4-11-6-12-8/h4,6-7H,2-3,5H2,1H3. The summed E-state index contributed by atoms with van der Waals surface area (Å²) < 4.78 is 0. The highest BCUT2D eigenvalue weighted by Crippen LogP contribution is 2.55. The first-order valence-corrected chi connectivity index (χ1v) is 5.61. The van der Waals surface area contributed by atoms with E-state index in [1.165, 1.54) is 11.3 Å². The van der Waals surface area contributed by atoms with Crippen LogP contribution in [0.5, 0.6) is 0 Å². The third kappa shape index (κ3) is 1.38. The zero-order valence-electron chi connectivity index (χ0n) is 7.09. The Bertz CT molecular complexity index is 256. The molecule has 2 unspecified atom stereocenters. The molecule has 1 fully saturated rings. The Hall–Kier alpha value is -0.0800.